The summed E-state index contributed by atoms with van der Waals surface area (Å²) in [6, 6.07) is 4.10. The van der Waals surface area contributed by atoms with Crippen LogP contribution in [0.1, 0.15) is 29.9 Å². The molecule has 0 heterocycles. The van der Waals surface area contributed by atoms with Crippen LogP contribution in [0.25, 0.3) is 0 Å². The van der Waals surface area contributed by atoms with E-state index in [1.807, 2.05) is 0 Å². The molecule has 0 aromatic heterocycles. The molecule has 1 aromatic carbocycles. The standard InChI is InChI=1S/C11H9ClF2O2/c12-5-1-2-6(10(13)14)7(3-5)8-4-9(8)11(15)16/h1-3,8-10H,4H2,(H,15,16)/t8-,9+/m1/s1. The Hall–Kier alpha value is -1.16. The van der Waals surface area contributed by atoms with Crippen molar-refractivity contribution >= 4 is 17.6 Å². The van der Waals surface area contributed by atoms with E-state index in [2.05, 4.69) is 0 Å². The molecule has 2 atom stereocenters. The van der Waals surface area contributed by atoms with Gasteiger partial charge in [0.2, 0.25) is 0 Å². The number of carbonyl (C=O) groups is 1. The van der Waals surface area contributed by atoms with Gasteiger partial charge in [-0.3, -0.25) is 4.79 Å². The molecule has 1 aliphatic carbocycles. The van der Waals surface area contributed by atoms with Gasteiger partial charge in [0.25, 0.3) is 6.43 Å². The Morgan fingerprint density at radius 3 is 2.69 bits per heavy atom. The van der Waals surface area contributed by atoms with Crippen molar-refractivity contribution < 1.29 is 18.7 Å². The maximum absolute atomic E-state index is 12.7. The first kappa shape index (κ1) is 11.3. The molecule has 1 aromatic rings. The molecule has 1 aliphatic rings. The highest BCUT2D eigenvalue weighted by Crippen LogP contribution is 2.50. The number of carboxylic acid groups (broad SMARTS) is 1. The highest BCUT2D eigenvalue weighted by molar-refractivity contribution is 6.30. The second kappa shape index (κ2) is 4.01. The van der Waals surface area contributed by atoms with Gasteiger partial charge in [-0.25, -0.2) is 8.78 Å². The van der Waals surface area contributed by atoms with Crippen LogP contribution < -0.4 is 0 Å². The van der Waals surface area contributed by atoms with E-state index in [0.29, 0.717) is 17.0 Å². The highest BCUT2D eigenvalue weighted by Gasteiger charge is 2.45. The number of carboxylic acids is 1. The summed E-state index contributed by atoms with van der Waals surface area (Å²) in [5.74, 6) is -1.80. The van der Waals surface area contributed by atoms with Gasteiger partial charge in [-0.1, -0.05) is 17.7 Å². The predicted octanol–water partition coefficient (Wildman–Crippen LogP) is 3.47. The van der Waals surface area contributed by atoms with Crippen LogP contribution in [0.3, 0.4) is 0 Å². The van der Waals surface area contributed by atoms with Crippen molar-refractivity contribution in [1.82, 2.24) is 0 Å². The number of halogens is 3. The smallest absolute Gasteiger partial charge is 0.307 e. The fourth-order valence-corrected chi connectivity index (χ4v) is 2.06. The van der Waals surface area contributed by atoms with Crippen LogP contribution in [0.5, 0.6) is 0 Å². The zero-order valence-electron chi connectivity index (χ0n) is 8.16. The van der Waals surface area contributed by atoms with Crippen molar-refractivity contribution in [3.05, 3.63) is 34.3 Å². The van der Waals surface area contributed by atoms with E-state index in [0.717, 1.165) is 0 Å². The Balaban J connectivity index is 2.33. The van der Waals surface area contributed by atoms with Crippen molar-refractivity contribution in [1.29, 1.82) is 0 Å². The van der Waals surface area contributed by atoms with E-state index in [4.69, 9.17) is 16.7 Å². The summed E-state index contributed by atoms with van der Waals surface area (Å²) in [6.07, 6.45) is -2.18. The first-order valence-corrected chi connectivity index (χ1v) is 5.19. The molecule has 0 bridgehead atoms. The lowest BCUT2D eigenvalue weighted by atomic mass is 10.0. The molecule has 0 radical (unpaired) electrons. The number of benzene rings is 1. The number of hydrogen-bond acceptors (Lipinski definition) is 1. The normalized spacial score (nSPS) is 23.5. The molecule has 16 heavy (non-hydrogen) atoms. The monoisotopic (exact) mass is 246 g/mol. The minimum Gasteiger partial charge on any atom is -0.481 e. The third-order valence-corrected chi connectivity index (χ3v) is 3.03. The second-order valence-electron chi connectivity index (χ2n) is 3.86. The summed E-state index contributed by atoms with van der Waals surface area (Å²) in [7, 11) is 0. The van der Waals surface area contributed by atoms with Gasteiger partial charge < -0.3 is 5.11 Å². The van der Waals surface area contributed by atoms with E-state index >= 15 is 0 Å². The molecule has 0 unspecified atom stereocenters. The summed E-state index contributed by atoms with van der Waals surface area (Å²) >= 11 is 5.73. The summed E-state index contributed by atoms with van der Waals surface area (Å²) in [4.78, 5) is 10.7. The molecule has 0 saturated heterocycles. The van der Waals surface area contributed by atoms with E-state index in [1.54, 1.807) is 0 Å². The molecule has 2 rings (SSSR count). The zero-order valence-corrected chi connectivity index (χ0v) is 8.92. The molecule has 0 spiro atoms. The van der Waals surface area contributed by atoms with Crippen molar-refractivity contribution in [2.45, 2.75) is 18.8 Å². The quantitative estimate of drug-likeness (QED) is 0.887. The van der Waals surface area contributed by atoms with Crippen molar-refractivity contribution in [2.75, 3.05) is 0 Å². The van der Waals surface area contributed by atoms with Gasteiger partial charge in [-0.2, -0.15) is 0 Å². The summed E-state index contributed by atoms with van der Waals surface area (Å²) in [5, 5.41) is 9.12. The van der Waals surface area contributed by atoms with Crippen LogP contribution in [0.15, 0.2) is 18.2 Å². The molecule has 2 nitrogen and oxygen atoms in total. The summed E-state index contributed by atoms with van der Waals surface area (Å²) < 4.78 is 25.4. The Morgan fingerprint density at radius 2 is 2.19 bits per heavy atom. The van der Waals surface area contributed by atoms with Gasteiger partial charge in [-0.15, -0.1) is 0 Å². The molecule has 1 N–H and O–H groups in total. The van der Waals surface area contributed by atoms with Crippen LogP contribution in [0, 0.1) is 5.92 Å². The first-order valence-electron chi connectivity index (χ1n) is 4.81. The zero-order chi connectivity index (χ0) is 11.9. The lowest BCUT2D eigenvalue weighted by Crippen LogP contribution is -2.01. The van der Waals surface area contributed by atoms with E-state index < -0.39 is 18.3 Å². The average molecular weight is 247 g/mol. The number of aliphatic carboxylic acids is 1. The van der Waals surface area contributed by atoms with Gasteiger partial charge in [0, 0.05) is 10.6 Å². The van der Waals surface area contributed by atoms with E-state index in [1.165, 1.54) is 18.2 Å². The van der Waals surface area contributed by atoms with Crippen LogP contribution in [0.4, 0.5) is 8.78 Å². The van der Waals surface area contributed by atoms with Crippen LogP contribution in [0.2, 0.25) is 5.02 Å². The SMILES string of the molecule is O=C(O)[C@H]1C[C@@H]1c1cc(Cl)ccc1C(F)F. The topological polar surface area (TPSA) is 37.3 Å². The van der Waals surface area contributed by atoms with Crippen LogP contribution >= 0.6 is 11.6 Å². The third kappa shape index (κ3) is 2.02. The molecule has 1 fully saturated rings. The lowest BCUT2D eigenvalue weighted by Gasteiger charge is -2.08. The first-order chi connectivity index (χ1) is 7.50. The molecule has 1 saturated carbocycles. The maximum Gasteiger partial charge on any atom is 0.307 e. The van der Waals surface area contributed by atoms with E-state index in [-0.39, 0.29) is 11.5 Å². The summed E-state index contributed by atoms with van der Waals surface area (Å²) in [6.45, 7) is 0. The molecule has 0 aliphatic heterocycles. The molecular weight excluding hydrogens is 238 g/mol. The Morgan fingerprint density at radius 1 is 1.50 bits per heavy atom. The van der Waals surface area contributed by atoms with Gasteiger partial charge in [-0.05, 0) is 30.0 Å². The average Bonchev–Trinajstić information content (AvgIpc) is 2.96. The molecular formula is C11H9ClF2O2. The Kier molecular flexibility index (Phi) is 2.84. The molecule has 86 valence electrons. The van der Waals surface area contributed by atoms with E-state index in [9.17, 15) is 13.6 Å². The molecule has 0 amide bonds. The molecule has 5 heteroatoms. The minimum absolute atomic E-state index is 0.113. The van der Waals surface area contributed by atoms with Crippen LogP contribution in [-0.4, -0.2) is 11.1 Å². The fourth-order valence-electron chi connectivity index (χ4n) is 1.88. The fraction of sp³-hybridized carbons (Fsp3) is 0.364. The largest absolute Gasteiger partial charge is 0.481 e. The van der Waals surface area contributed by atoms with Crippen molar-refractivity contribution in [3.63, 3.8) is 0 Å². The maximum atomic E-state index is 12.7. The van der Waals surface area contributed by atoms with Gasteiger partial charge in [0.05, 0.1) is 5.92 Å². The number of hydrogen-bond donors (Lipinski definition) is 1. The van der Waals surface area contributed by atoms with Gasteiger partial charge in [0.1, 0.15) is 0 Å². The lowest BCUT2D eigenvalue weighted by molar-refractivity contribution is -0.138. The van der Waals surface area contributed by atoms with Crippen LogP contribution in [-0.2, 0) is 4.79 Å². The Labute approximate surface area is 95.8 Å². The van der Waals surface area contributed by atoms with Crippen molar-refractivity contribution in [2.24, 2.45) is 5.92 Å². The summed E-state index contributed by atoms with van der Waals surface area (Å²) in [5.41, 5.74) is 0.257. The highest BCUT2D eigenvalue weighted by atomic mass is 35.5. The second-order valence-corrected chi connectivity index (χ2v) is 4.30. The number of rotatable bonds is 3. The minimum atomic E-state index is -2.60. The predicted molar refractivity (Wildman–Crippen MR) is 54.9 cm³/mol. The third-order valence-electron chi connectivity index (χ3n) is 2.79. The number of alkyl halides is 2. The van der Waals surface area contributed by atoms with Crippen molar-refractivity contribution in [3.8, 4) is 0 Å². The Bertz CT molecular complexity index is 434. The van der Waals surface area contributed by atoms with Gasteiger partial charge >= 0.3 is 5.97 Å². The van der Waals surface area contributed by atoms with Gasteiger partial charge in [0.15, 0.2) is 0 Å².